The molecule has 10 nitrogen and oxygen atoms in total. The Hall–Kier alpha value is -4.70. The van der Waals surface area contributed by atoms with Crippen molar-refractivity contribution >= 4 is 29.1 Å². The van der Waals surface area contributed by atoms with Gasteiger partial charge >= 0.3 is 6.09 Å². The highest BCUT2D eigenvalue weighted by atomic mass is 16.7. The van der Waals surface area contributed by atoms with Crippen LogP contribution in [0, 0.1) is 5.92 Å². The maximum absolute atomic E-state index is 12.9. The first-order valence-electron chi connectivity index (χ1n) is 13.0. The minimum absolute atomic E-state index is 0.116. The fraction of sp³-hybridized carbons (Fsp3) is 0.267. The zero-order chi connectivity index (χ0) is 28.3. The second-order valence-electron chi connectivity index (χ2n) is 9.20. The maximum atomic E-state index is 12.9. The summed E-state index contributed by atoms with van der Waals surface area (Å²) < 4.78 is 22.2. The van der Waals surface area contributed by atoms with Gasteiger partial charge in [0.15, 0.2) is 11.5 Å². The minimum atomic E-state index is -0.632. The number of aliphatic hydroxyl groups excluding tert-OH is 1. The van der Waals surface area contributed by atoms with Crippen LogP contribution in [0.1, 0.15) is 31.4 Å². The van der Waals surface area contributed by atoms with Gasteiger partial charge in [0.1, 0.15) is 18.5 Å². The lowest BCUT2D eigenvalue weighted by Gasteiger charge is -2.25. The van der Waals surface area contributed by atoms with E-state index in [-0.39, 0.29) is 31.8 Å². The van der Waals surface area contributed by atoms with Crippen molar-refractivity contribution in [1.82, 2.24) is 0 Å². The SMILES string of the molecule is C[C@@H](CC/C=C/C(=O)Nc1ccccc1N)[C@H](OC(=O)Nc1ccc2c(c1)OCO2)c1cccc(OCCO)c1. The summed E-state index contributed by atoms with van der Waals surface area (Å²) in [4.78, 5) is 25.2. The van der Waals surface area contributed by atoms with Gasteiger partial charge in [0.2, 0.25) is 12.7 Å². The van der Waals surface area contributed by atoms with Crippen LogP contribution in [0.25, 0.3) is 0 Å². The van der Waals surface area contributed by atoms with Crippen LogP contribution in [-0.4, -0.2) is 37.1 Å². The molecule has 210 valence electrons. The third-order valence-electron chi connectivity index (χ3n) is 6.19. The number of amides is 2. The molecule has 1 heterocycles. The lowest BCUT2D eigenvalue weighted by Crippen LogP contribution is -2.22. The van der Waals surface area contributed by atoms with E-state index in [2.05, 4.69) is 10.6 Å². The molecule has 0 saturated heterocycles. The molecule has 5 N–H and O–H groups in total. The Morgan fingerprint density at radius 2 is 1.88 bits per heavy atom. The van der Waals surface area contributed by atoms with E-state index in [0.717, 1.165) is 5.56 Å². The lowest BCUT2D eigenvalue weighted by atomic mass is 9.93. The first-order valence-corrected chi connectivity index (χ1v) is 13.0. The average molecular weight is 548 g/mol. The number of benzene rings is 3. The predicted molar refractivity (Wildman–Crippen MR) is 151 cm³/mol. The summed E-state index contributed by atoms with van der Waals surface area (Å²) in [5, 5.41) is 14.6. The Bertz CT molecular complexity index is 1340. The van der Waals surface area contributed by atoms with Crippen molar-refractivity contribution in [3.8, 4) is 17.2 Å². The van der Waals surface area contributed by atoms with Gasteiger partial charge in [0.25, 0.3) is 0 Å². The molecule has 3 aromatic rings. The summed E-state index contributed by atoms with van der Waals surface area (Å²) in [5.41, 5.74) is 8.17. The first kappa shape index (κ1) is 28.3. The number of ether oxygens (including phenoxy) is 4. The number of anilines is 3. The number of nitrogens with two attached hydrogens (primary N) is 1. The smallest absolute Gasteiger partial charge is 0.412 e. The Kier molecular flexibility index (Phi) is 9.84. The van der Waals surface area contributed by atoms with Crippen molar-refractivity contribution in [2.45, 2.75) is 25.9 Å². The Balaban J connectivity index is 1.40. The van der Waals surface area contributed by atoms with E-state index in [4.69, 9.17) is 29.8 Å². The third kappa shape index (κ3) is 7.90. The highest BCUT2D eigenvalue weighted by molar-refractivity contribution is 6.01. The zero-order valence-corrected chi connectivity index (χ0v) is 22.2. The quantitative estimate of drug-likeness (QED) is 0.178. The molecule has 0 bridgehead atoms. The fourth-order valence-electron chi connectivity index (χ4n) is 4.18. The van der Waals surface area contributed by atoms with Crippen molar-refractivity contribution in [1.29, 1.82) is 0 Å². The monoisotopic (exact) mass is 547 g/mol. The maximum Gasteiger partial charge on any atom is 0.412 e. The van der Waals surface area contributed by atoms with Gasteiger partial charge in [0.05, 0.1) is 18.0 Å². The summed E-state index contributed by atoms with van der Waals surface area (Å²) in [6.45, 7) is 2.14. The molecular weight excluding hydrogens is 514 g/mol. The molecule has 1 aliphatic heterocycles. The Morgan fingerprint density at radius 1 is 1.05 bits per heavy atom. The van der Waals surface area contributed by atoms with Gasteiger partial charge in [0, 0.05) is 11.8 Å². The molecule has 40 heavy (non-hydrogen) atoms. The predicted octanol–water partition coefficient (Wildman–Crippen LogP) is 5.27. The topological polar surface area (TPSA) is 141 Å². The normalized spacial score (nSPS) is 13.4. The van der Waals surface area contributed by atoms with Crippen LogP contribution in [0.4, 0.5) is 21.9 Å². The van der Waals surface area contributed by atoms with E-state index >= 15 is 0 Å². The van der Waals surface area contributed by atoms with E-state index in [9.17, 15) is 9.59 Å². The molecule has 4 rings (SSSR count). The first-order chi connectivity index (χ1) is 19.4. The minimum Gasteiger partial charge on any atom is -0.491 e. The Morgan fingerprint density at radius 3 is 2.70 bits per heavy atom. The summed E-state index contributed by atoms with van der Waals surface area (Å²) >= 11 is 0. The van der Waals surface area contributed by atoms with Gasteiger partial charge in [-0.1, -0.05) is 37.3 Å². The van der Waals surface area contributed by atoms with Gasteiger partial charge < -0.3 is 35.1 Å². The lowest BCUT2D eigenvalue weighted by molar-refractivity contribution is -0.111. The van der Waals surface area contributed by atoms with Crippen molar-refractivity contribution in [3.63, 3.8) is 0 Å². The second-order valence-corrected chi connectivity index (χ2v) is 9.20. The summed E-state index contributed by atoms with van der Waals surface area (Å²) in [6, 6.07) is 19.4. The number of nitrogens with one attached hydrogen (secondary N) is 2. The molecule has 0 unspecified atom stereocenters. The second kappa shape index (κ2) is 13.9. The van der Waals surface area contributed by atoms with Crippen molar-refractivity contribution in [2.24, 2.45) is 5.92 Å². The molecule has 0 fully saturated rings. The average Bonchev–Trinajstić information content (AvgIpc) is 3.42. The van der Waals surface area contributed by atoms with Gasteiger partial charge in [-0.3, -0.25) is 10.1 Å². The number of carbonyl (C=O) groups is 2. The highest BCUT2D eigenvalue weighted by Crippen LogP contribution is 2.35. The number of fused-ring (bicyclic) bond motifs is 1. The van der Waals surface area contributed by atoms with Crippen LogP contribution in [0.15, 0.2) is 78.9 Å². The number of allylic oxidation sites excluding steroid dienone is 1. The summed E-state index contributed by atoms with van der Waals surface area (Å²) in [5.74, 6) is 1.31. The van der Waals surface area contributed by atoms with Crippen LogP contribution in [0.2, 0.25) is 0 Å². The molecule has 3 aromatic carbocycles. The van der Waals surface area contributed by atoms with Gasteiger partial charge in [-0.15, -0.1) is 0 Å². The van der Waals surface area contributed by atoms with Gasteiger partial charge in [-0.25, -0.2) is 4.79 Å². The van der Waals surface area contributed by atoms with E-state index in [1.165, 1.54) is 6.08 Å². The number of para-hydroxylation sites is 2. The van der Waals surface area contributed by atoms with Crippen molar-refractivity contribution in [3.05, 3.63) is 84.4 Å². The molecular formula is C30H33N3O7. The molecule has 0 spiro atoms. The largest absolute Gasteiger partial charge is 0.491 e. The number of aliphatic hydroxyl groups is 1. The molecule has 0 radical (unpaired) electrons. The number of hydrogen-bond donors (Lipinski definition) is 4. The van der Waals surface area contributed by atoms with E-state index in [1.807, 2.05) is 13.0 Å². The molecule has 0 saturated carbocycles. The number of nitrogen functional groups attached to an aromatic ring is 1. The number of rotatable bonds is 12. The van der Waals surface area contributed by atoms with Crippen LogP contribution in [-0.2, 0) is 9.53 Å². The van der Waals surface area contributed by atoms with Gasteiger partial charge in [-0.2, -0.15) is 0 Å². The zero-order valence-electron chi connectivity index (χ0n) is 22.2. The number of carbonyl (C=O) groups excluding carboxylic acids is 2. The number of hydrogen-bond acceptors (Lipinski definition) is 8. The van der Waals surface area contributed by atoms with Crippen LogP contribution >= 0.6 is 0 Å². The molecule has 0 aromatic heterocycles. The Labute approximate surface area is 232 Å². The van der Waals surface area contributed by atoms with Crippen molar-refractivity contribution in [2.75, 3.05) is 36.4 Å². The van der Waals surface area contributed by atoms with Crippen LogP contribution in [0.5, 0.6) is 17.2 Å². The van der Waals surface area contributed by atoms with Crippen LogP contribution < -0.4 is 30.6 Å². The molecule has 10 heteroatoms. The van der Waals surface area contributed by atoms with E-state index < -0.39 is 12.2 Å². The van der Waals surface area contributed by atoms with Crippen LogP contribution in [0.3, 0.4) is 0 Å². The fourth-order valence-corrected chi connectivity index (χ4v) is 4.18. The summed E-state index contributed by atoms with van der Waals surface area (Å²) in [7, 11) is 0. The molecule has 2 amide bonds. The highest BCUT2D eigenvalue weighted by Gasteiger charge is 2.24. The molecule has 1 aliphatic rings. The van der Waals surface area contributed by atoms with E-state index in [1.54, 1.807) is 66.7 Å². The molecule has 2 atom stereocenters. The summed E-state index contributed by atoms with van der Waals surface area (Å²) in [6.07, 6.45) is 3.19. The van der Waals surface area contributed by atoms with E-state index in [0.29, 0.717) is 47.2 Å². The molecule has 0 aliphatic carbocycles. The van der Waals surface area contributed by atoms with Crippen molar-refractivity contribution < 1.29 is 33.6 Å². The van der Waals surface area contributed by atoms with Gasteiger partial charge in [-0.05, 0) is 66.8 Å². The third-order valence-corrected chi connectivity index (χ3v) is 6.19. The standard InChI is InChI=1S/C30H33N3O7/c1-20(7-2-5-12-28(35)33-25-11-4-3-10-24(25)31)29(21-8-6-9-23(17-21)37-16-15-34)40-30(36)32-22-13-14-26-27(18-22)39-19-38-26/h3-6,8-14,17-18,20,29,34H,2,7,15-16,19,31H2,1H3,(H,32,36)(H,33,35)/b12-5+/t20-,29-/m0/s1.